The van der Waals surface area contributed by atoms with Crippen LogP contribution in [0.25, 0.3) is 0 Å². The standard InChI is InChI=1S/C12H17N3O/c16-12-11-7-13-5-6-15(11)8-9-3-1-2-4-10(9)14-12/h2,4,9,11,13H,1,3,5-8H2. The van der Waals surface area contributed by atoms with Crippen molar-refractivity contribution in [1.82, 2.24) is 10.2 Å². The summed E-state index contributed by atoms with van der Waals surface area (Å²) in [6.45, 7) is 3.72. The third kappa shape index (κ3) is 1.72. The predicted octanol–water partition coefficient (Wildman–Crippen LogP) is 0.208. The molecule has 1 amide bonds. The molecule has 16 heavy (non-hydrogen) atoms. The first-order valence-corrected chi connectivity index (χ1v) is 6.08. The number of carbonyl (C=O) groups is 1. The van der Waals surface area contributed by atoms with E-state index in [2.05, 4.69) is 21.3 Å². The number of carbonyl (C=O) groups excluding carboxylic acids is 1. The van der Waals surface area contributed by atoms with E-state index in [1.165, 1.54) is 0 Å². The molecule has 1 fully saturated rings. The summed E-state index contributed by atoms with van der Waals surface area (Å²) >= 11 is 0. The first-order valence-electron chi connectivity index (χ1n) is 6.08. The van der Waals surface area contributed by atoms with Crippen molar-refractivity contribution in [3.05, 3.63) is 12.2 Å². The Hall–Kier alpha value is -1.00. The van der Waals surface area contributed by atoms with Crippen molar-refractivity contribution in [2.45, 2.75) is 18.9 Å². The maximum Gasteiger partial charge on any atom is 0.264 e. The summed E-state index contributed by atoms with van der Waals surface area (Å²) in [5, 5.41) is 3.27. The monoisotopic (exact) mass is 219 g/mol. The van der Waals surface area contributed by atoms with E-state index in [0.717, 1.165) is 44.7 Å². The number of rotatable bonds is 0. The molecule has 86 valence electrons. The zero-order valence-electron chi connectivity index (χ0n) is 9.35. The van der Waals surface area contributed by atoms with Crippen molar-refractivity contribution >= 4 is 11.6 Å². The van der Waals surface area contributed by atoms with E-state index < -0.39 is 0 Å². The molecule has 4 heteroatoms. The fraction of sp³-hybridized carbons (Fsp3) is 0.667. The quantitative estimate of drug-likeness (QED) is 0.633. The van der Waals surface area contributed by atoms with Gasteiger partial charge in [-0.2, -0.15) is 0 Å². The van der Waals surface area contributed by atoms with Gasteiger partial charge in [-0.05, 0) is 18.9 Å². The van der Waals surface area contributed by atoms with E-state index >= 15 is 0 Å². The minimum absolute atomic E-state index is 0.0275. The molecule has 0 spiro atoms. The Morgan fingerprint density at radius 1 is 1.50 bits per heavy atom. The molecule has 2 atom stereocenters. The van der Waals surface area contributed by atoms with E-state index in [4.69, 9.17) is 0 Å². The van der Waals surface area contributed by atoms with Gasteiger partial charge in [-0.3, -0.25) is 9.69 Å². The van der Waals surface area contributed by atoms with E-state index in [0.29, 0.717) is 5.92 Å². The molecule has 0 aromatic carbocycles. The first-order chi connectivity index (χ1) is 7.84. The highest BCUT2D eigenvalue weighted by Crippen LogP contribution is 2.23. The lowest BCUT2D eigenvalue weighted by molar-refractivity contribution is -0.123. The number of aliphatic imine (C=N–C) groups is 1. The van der Waals surface area contributed by atoms with E-state index in [-0.39, 0.29) is 11.9 Å². The van der Waals surface area contributed by atoms with Crippen LogP contribution in [-0.2, 0) is 4.79 Å². The zero-order chi connectivity index (χ0) is 11.0. The number of fused-ring (bicyclic) bond motifs is 2. The van der Waals surface area contributed by atoms with Gasteiger partial charge in [0.05, 0.1) is 0 Å². The third-order valence-electron chi connectivity index (χ3n) is 3.72. The summed E-state index contributed by atoms with van der Waals surface area (Å²) in [6, 6.07) is -0.0275. The number of hydrogen-bond donors (Lipinski definition) is 1. The second-order valence-corrected chi connectivity index (χ2v) is 4.77. The van der Waals surface area contributed by atoms with Crippen molar-refractivity contribution in [1.29, 1.82) is 0 Å². The van der Waals surface area contributed by atoms with Gasteiger partial charge in [-0.1, -0.05) is 6.08 Å². The molecule has 0 saturated carbocycles. The molecule has 3 rings (SSSR count). The van der Waals surface area contributed by atoms with Gasteiger partial charge in [0.25, 0.3) is 5.91 Å². The molecule has 3 aliphatic rings. The predicted molar refractivity (Wildman–Crippen MR) is 62.5 cm³/mol. The maximum absolute atomic E-state index is 12.0. The Labute approximate surface area is 95.4 Å². The average Bonchev–Trinajstić information content (AvgIpc) is 2.45. The maximum atomic E-state index is 12.0. The largest absolute Gasteiger partial charge is 0.313 e. The van der Waals surface area contributed by atoms with Crippen molar-refractivity contribution in [2.24, 2.45) is 10.9 Å². The first kappa shape index (κ1) is 10.2. The molecular weight excluding hydrogens is 202 g/mol. The van der Waals surface area contributed by atoms with Crippen LogP contribution in [0.15, 0.2) is 17.1 Å². The lowest BCUT2D eigenvalue weighted by Crippen LogP contribution is -2.54. The molecule has 0 aromatic heterocycles. The molecule has 1 saturated heterocycles. The molecule has 2 aliphatic heterocycles. The highest BCUT2D eigenvalue weighted by atomic mass is 16.1. The van der Waals surface area contributed by atoms with E-state index in [1.807, 2.05) is 6.08 Å². The highest BCUT2D eigenvalue weighted by Gasteiger charge is 2.34. The topological polar surface area (TPSA) is 44.7 Å². The lowest BCUT2D eigenvalue weighted by Gasteiger charge is -2.34. The summed E-state index contributed by atoms with van der Waals surface area (Å²) in [6.07, 6.45) is 6.43. The molecular formula is C12H17N3O. The van der Waals surface area contributed by atoms with Crippen LogP contribution in [0.3, 0.4) is 0 Å². The van der Waals surface area contributed by atoms with Gasteiger partial charge in [0, 0.05) is 37.8 Å². The molecule has 2 unspecified atom stereocenters. The summed E-state index contributed by atoms with van der Waals surface area (Å²) in [7, 11) is 0. The molecule has 1 N–H and O–H groups in total. The molecule has 0 bridgehead atoms. The lowest BCUT2D eigenvalue weighted by atomic mass is 9.92. The molecule has 1 aliphatic carbocycles. The highest BCUT2D eigenvalue weighted by molar-refractivity contribution is 6.06. The Kier molecular flexibility index (Phi) is 2.61. The van der Waals surface area contributed by atoms with Crippen LogP contribution in [0.1, 0.15) is 12.8 Å². The van der Waals surface area contributed by atoms with Crippen molar-refractivity contribution < 1.29 is 4.79 Å². The number of hydrogen-bond acceptors (Lipinski definition) is 3. The summed E-state index contributed by atoms with van der Waals surface area (Å²) in [5.74, 6) is 0.508. The summed E-state index contributed by atoms with van der Waals surface area (Å²) in [5.41, 5.74) is 1.01. The Bertz CT molecular complexity index is 361. The zero-order valence-corrected chi connectivity index (χ0v) is 9.35. The number of nitrogens with zero attached hydrogens (tertiary/aromatic N) is 2. The average molecular weight is 219 g/mol. The number of nitrogens with one attached hydrogen (secondary N) is 1. The van der Waals surface area contributed by atoms with Gasteiger partial charge in [0.15, 0.2) is 0 Å². The molecule has 4 nitrogen and oxygen atoms in total. The Morgan fingerprint density at radius 3 is 3.38 bits per heavy atom. The van der Waals surface area contributed by atoms with Gasteiger partial charge in [-0.25, -0.2) is 4.99 Å². The van der Waals surface area contributed by atoms with E-state index in [9.17, 15) is 4.79 Å². The SMILES string of the molecule is O=C1N=C2C=CCCC2CN2CCNCC12. The fourth-order valence-electron chi connectivity index (χ4n) is 2.79. The van der Waals surface area contributed by atoms with Crippen LogP contribution in [0, 0.1) is 5.92 Å². The normalized spacial score (nSPS) is 35.0. The second-order valence-electron chi connectivity index (χ2n) is 4.77. The van der Waals surface area contributed by atoms with Crippen LogP contribution in [0.4, 0.5) is 0 Å². The second kappa shape index (κ2) is 4.11. The molecule has 2 heterocycles. The Balaban J connectivity index is 1.90. The summed E-state index contributed by atoms with van der Waals surface area (Å²) in [4.78, 5) is 18.6. The van der Waals surface area contributed by atoms with Crippen molar-refractivity contribution in [2.75, 3.05) is 26.2 Å². The van der Waals surface area contributed by atoms with Gasteiger partial charge < -0.3 is 5.32 Å². The number of allylic oxidation sites excluding steroid dienone is 2. The fourth-order valence-corrected chi connectivity index (χ4v) is 2.79. The van der Waals surface area contributed by atoms with Gasteiger partial charge >= 0.3 is 0 Å². The van der Waals surface area contributed by atoms with Crippen LogP contribution >= 0.6 is 0 Å². The number of amides is 1. The Morgan fingerprint density at radius 2 is 2.44 bits per heavy atom. The van der Waals surface area contributed by atoms with Crippen LogP contribution in [0.2, 0.25) is 0 Å². The van der Waals surface area contributed by atoms with Crippen LogP contribution in [-0.4, -0.2) is 48.7 Å². The molecule has 0 aromatic rings. The third-order valence-corrected chi connectivity index (χ3v) is 3.72. The summed E-state index contributed by atoms with van der Waals surface area (Å²) < 4.78 is 0. The molecule has 0 radical (unpaired) electrons. The number of piperazine rings is 1. The minimum atomic E-state index is -0.0275. The van der Waals surface area contributed by atoms with Crippen LogP contribution in [0.5, 0.6) is 0 Å². The van der Waals surface area contributed by atoms with Gasteiger partial charge in [0.1, 0.15) is 6.04 Å². The van der Waals surface area contributed by atoms with Gasteiger partial charge in [-0.15, -0.1) is 0 Å². The smallest absolute Gasteiger partial charge is 0.264 e. The van der Waals surface area contributed by atoms with Crippen LogP contribution < -0.4 is 5.32 Å². The van der Waals surface area contributed by atoms with E-state index in [1.54, 1.807) is 0 Å². The van der Waals surface area contributed by atoms with Crippen molar-refractivity contribution in [3.8, 4) is 0 Å². The van der Waals surface area contributed by atoms with Crippen molar-refractivity contribution in [3.63, 3.8) is 0 Å². The van der Waals surface area contributed by atoms with Gasteiger partial charge in [0.2, 0.25) is 0 Å². The minimum Gasteiger partial charge on any atom is -0.313 e.